The van der Waals surface area contributed by atoms with E-state index in [0.717, 1.165) is 5.56 Å². The summed E-state index contributed by atoms with van der Waals surface area (Å²) in [5, 5.41) is 21.6. The molecule has 0 saturated heterocycles. The van der Waals surface area contributed by atoms with Crippen molar-refractivity contribution in [2.24, 2.45) is 0 Å². The molecule has 2 rings (SSSR count). The highest BCUT2D eigenvalue weighted by Gasteiger charge is 2.18. The van der Waals surface area contributed by atoms with Gasteiger partial charge >= 0.3 is 5.97 Å². The van der Waals surface area contributed by atoms with Gasteiger partial charge in [-0.2, -0.15) is 0 Å². The number of hydrogen-bond donors (Lipinski definition) is 3. The van der Waals surface area contributed by atoms with Crippen molar-refractivity contribution in [2.45, 2.75) is 32.6 Å². The first-order chi connectivity index (χ1) is 11.2. The Morgan fingerprint density at radius 3 is 2.46 bits per heavy atom. The number of amides is 1. The SMILES string of the molecule is CC(C)(C)c1ccc(CC(=O)Nc2ccnc(C(=O)O)c2)cc1O. The monoisotopic (exact) mass is 328 g/mol. The number of phenols is 1. The molecule has 0 fully saturated rings. The van der Waals surface area contributed by atoms with Gasteiger partial charge in [0.1, 0.15) is 11.4 Å². The predicted octanol–water partition coefficient (Wildman–Crippen LogP) is 2.96. The van der Waals surface area contributed by atoms with Crippen molar-refractivity contribution in [1.82, 2.24) is 4.98 Å². The predicted molar refractivity (Wildman–Crippen MR) is 90.3 cm³/mol. The summed E-state index contributed by atoms with van der Waals surface area (Å²) in [4.78, 5) is 26.7. The Balaban J connectivity index is 2.09. The lowest BCUT2D eigenvalue weighted by molar-refractivity contribution is -0.115. The second-order valence-corrected chi connectivity index (χ2v) is 6.56. The molecule has 0 aliphatic heterocycles. The Morgan fingerprint density at radius 2 is 1.88 bits per heavy atom. The average molecular weight is 328 g/mol. The Hall–Kier alpha value is -2.89. The smallest absolute Gasteiger partial charge is 0.354 e. The molecule has 0 spiro atoms. The molecule has 0 radical (unpaired) electrons. The fourth-order valence-electron chi connectivity index (χ4n) is 2.34. The maximum absolute atomic E-state index is 12.1. The number of rotatable bonds is 4. The molecule has 2 aromatic rings. The number of benzene rings is 1. The molecule has 0 aliphatic rings. The summed E-state index contributed by atoms with van der Waals surface area (Å²) < 4.78 is 0. The number of carboxylic acids is 1. The molecular formula is C18H20N2O4. The van der Waals surface area contributed by atoms with E-state index >= 15 is 0 Å². The third-order valence-corrected chi connectivity index (χ3v) is 3.50. The number of carbonyl (C=O) groups is 2. The fourth-order valence-corrected chi connectivity index (χ4v) is 2.34. The minimum absolute atomic E-state index is 0.0721. The topological polar surface area (TPSA) is 99.5 Å². The first-order valence-corrected chi connectivity index (χ1v) is 7.48. The molecule has 0 bridgehead atoms. The van der Waals surface area contributed by atoms with E-state index in [0.29, 0.717) is 11.3 Å². The van der Waals surface area contributed by atoms with E-state index in [1.165, 1.54) is 18.3 Å². The molecule has 1 heterocycles. The van der Waals surface area contributed by atoms with E-state index in [4.69, 9.17) is 5.11 Å². The van der Waals surface area contributed by atoms with E-state index in [1.54, 1.807) is 12.1 Å². The summed E-state index contributed by atoms with van der Waals surface area (Å²) in [7, 11) is 0. The molecular weight excluding hydrogens is 308 g/mol. The average Bonchev–Trinajstić information content (AvgIpc) is 2.45. The molecule has 0 atom stereocenters. The lowest BCUT2D eigenvalue weighted by Crippen LogP contribution is -2.16. The van der Waals surface area contributed by atoms with Crippen molar-refractivity contribution in [3.05, 3.63) is 53.3 Å². The minimum atomic E-state index is -1.16. The van der Waals surface area contributed by atoms with Gasteiger partial charge in [-0.05, 0) is 34.7 Å². The van der Waals surface area contributed by atoms with Gasteiger partial charge in [-0.1, -0.05) is 32.9 Å². The van der Waals surface area contributed by atoms with Crippen molar-refractivity contribution in [3.63, 3.8) is 0 Å². The van der Waals surface area contributed by atoms with E-state index in [2.05, 4.69) is 10.3 Å². The number of carboxylic acid groups (broad SMARTS) is 1. The minimum Gasteiger partial charge on any atom is -0.508 e. The second kappa shape index (κ2) is 6.70. The standard InChI is InChI=1S/C18H20N2O4/c1-18(2,3)13-5-4-11(8-15(13)21)9-16(22)20-12-6-7-19-14(10-12)17(23)24/h4-8,10,21H,9H2,1-3H3,(H,23,24)(H,19,20,22). The number of phenolic OH excluding ortho intramolecular Hbond substituents is 1. The number of carbonyl (C=O) groups excluding carboxylic acids is 1. The molecule has 126 valence electrons. The first-order valence-electron chi connectivity index (χ1n) is 7.48. The van der Waals surface area contributed by atoms with Crippen LogP contribution in [0.25, 0.3) is 0 Å². The number of anilines is 1. The maximum Gasteiger partial charge on any atom is 0.354 e. The molecule has 24 heavy (non-hydrogen) atoms. The lowest BCUT2D eigenvalue weighted by atomic mass is 9.85. The van der Waals surface area contributed by atoms with Crippen LogP contribution in [0.2, 0.25) is 0 Å². The number of aromatic hydroxyl groups is 1. The third-order valence-electron chi connectivity index (χ3n) is 3.50. The first kappa shape index (κ1) is 17.5. The maximum atomic E-state index is 12.1. The van der Waals surface area contributed by atoms with Gasteiger partial charge in [0.15, 0.2) is 0 Å². The van der Waals surface area contributed by atoms with Gasteiger partial charge in [0.25, 0.3) is 0 Å². The van der Waals surface area contributed by atoms with Crippen LogP contribution >= 0.6 is 0 Å². The van der Waals surface area contributed by atoms with Gasteiger partial charge in [0, 0.05) is 11.9 Å². The van der Waals surface area contributed by atoms with Gasteiger partial charge < -0.3 is 15.5 Å². The summed E-state index contributed by atoms with van der Waals surface area (Å²) in [6.45, 7) is 5.99. The van der Waals surface area contributed by atoms with E-state index in [1.807, 2.05) is 26.8 Å². The Morgan fingerprint density at radius 1 is 1.17 bits per heavy atom. The largest absolute Gasteiger partial charge is 0.508 e. The van der Waals surface area contributed by atoms with Crippen LogP contribution in [-0.4, -0.2) is 27.1 Å². The van der Waals surface area contributed by atoms with Gasteiger partial charge in [-0.15, -0.1) is 0 Å². The Bertz CT molecular complexity index is 779. The van der Waals surface area contributed by atoms with E-state index in [-0.39, 0.29) is 29.2 Å². The third kappa shape index (κ3) is 4.32. The number of aromatic nitrogens is 1. The highest BCUT2D eigenvalue weighted by molar-refractivity contribution is 5.94. The zero-order chi connectivity index (χ0) is 17.9. The van der Waals surface area contributed by atoms with Crippen LogP contribution in [0, 0.1) is 0 Å². The van der Waals surface area contributed by atoms with E-state index < -0.39 is 5.97 Å². The highest BCUT2D eigenvalue weighted by atomic mass is 16.4. The van der Waals surface area contributed by atoms with Crippen LogP contribution in [0.5, 0.6) is 5.75 Å². The molecule has 6 nitrogen and oxygen atoms in total. The summed E-state index contributed by atoms with van der Waals surface area (Å²) >= 11 is 0. The summed E-state index contributed by atoms with van der Waals surface area (Å²) in [5.74, 6) is -1.31. The molecule has 0 aliphatic carbocycles. The molecule has 0 unspecified atom stereocenters. The Labute approximate surface area is 140 Å². The number of nitrogens with one attached hydrogen (secondary N) is 1. The van der Waals surface area contributed by atoms with Crippen molar-refractivity contribution in [1.29, 1.82) is 0 Å². The van der Waals surface area contributed by atoms with Gasteiger partial charge in [0.05, 0.1) is 6.42 Å². The van der Waals surface area contributed by atoms with Gasteiger partial charge in [0.2, 0.25) is 5.91 Å². The summed E-state index contributed by atoms with van der Waals surface area (Å²) in [6.07, 6.45) is 1.39. The number of aromatic carboxylic acids is 1. The molecule has 0 saturated carbocycles. The zero-order valence-corrected chi connectivity index (χ0v) is 13.8. The molecule has 3 N–H and O–H groups in total. The van der Waals surface area contributed by atoms with Crippen molar-refractivity contribution >= 4 is 17.6 Å². The zero-order valence-electron chi connectivity index (χ0n) is 13.8. The molecule has 1 amide bonds. The van der Waals surface area contributed by atoms with Crippen LogP contribution in [-0.2, 0) is 16.6 Å². The van der Waals surface area contributed by atoms with Crippen LogP contribution < -0.4 is 5.32 Å². The number of pyridine rings is 1. The van der Waals surface area contributed by atoms with Crippen LogP contribution in [0.15, 0.2) is 36.5 Å². The summed E-state index contributed by atoms with van der Waals surface area (Å²) in [5.41, 5.74) is 1.52. The molecule has 1 aromatic heterocycles. The number of nitrogens with zero attached hydrogens (tertiary/aromatic N) is 1. The van der Waals surface area contributed by atoms with Crippen LogP contribution in [0.4, 0.5) is 5.69 Å². The van der Waals surface area contributed by atoms with Gasteiger partial charge in [-0.25, -0.2) is 9.78 Å². The van der Waals surface area contributed by atoms with Crippen molar-refractivity contribution in [3.8, 4) is 5.75 Å². The second-order valence-electron chi connectivity index (χ2n) is 6.56. The van der Waals surface area contributed by atoms with Crippen molar-refractivity contribution < 1.29 is 19.8 Å². The lowest BCUT2D eigenvalue weighted by Gasteiger charge is -2.20. The molecule has 6 heteroatoms. The van der Waals surface area contributed by atoms with Crippen LogP contribution in [0.3, 0.4) is 0 Å². The van der Waals surface area contributed by atoms with E-state index in [9.17, 15) is 14.7 Å². The molecule has 1 aromatic carbocycles. The van der Waals surface area contributed by atoms with Crippen LogP contribution in [0.1, 0.15) is 42.4 Å². The quantitative estimate of drug-likeness (QED) is 0.801. The normalized spacial score (nSPS) is 11.1. The van der Waals surface area contributed by atoms with Gasteiger partial charge in [-0.3, -0.25) is 4.79 Å². The van der Waals surface area contributed by atoms with Crippen molar-refractivity contribution in [2.75, 3.05) is 5.32 Å². The fraction of sp³-hybridized carbons (Fsp3) is 0.278. The highest BCUT2D eigenvalue weighted by Crippen LogP contribution is 2.31. The number of hydrogen-bond acceptors (Lipinski definition) is 4. The Kier molecular flexibility index (Phi) is 4.87. The summed E-state index contributed by atoms with van der Waals surface area (Å²) in [6, 6.07) is 8.00.